The Bertz CT molecular complexity index is 535. The van der Waals surface area contributed by atoms with Crippen LogP contribution in [0.5, 0.6) is 0 Å². The van der Waals surface area contributed by atoms with Gasteiger partial charge in [-0.15, -0.1) is 11.3 Å². The maximum absolute atomic E-state index is 5.11. The van der Waals surface area contributed by atoms with Gasteiger partial charge in [0.1, 0.15) is 0 Å². The van der Waals surface area contributed by atoms with Crippen molar-refractivity contribution >= 4 is 16.5 Å². The fraction of sp³-hybridized carbons (Fsp3) is 0.500. The van der Waals surface area contributed by atoms with Gasteiger partial charge in [0, 0.05) is 24.0 Å². The number of aromatic nitrogens is 1. The molecule has 4 nitrogen and oxygen atoms in total. The Hall–Kier alpha value is -1.33. The normalized spacial score (nSPS) is 18.3. The van der Waals surface area contributed by atoms with Crippen molar-refractivity contribution < 1.29 is 4.42 Å². The lowest BCUT2D eigenvalue weighted by molar-refractivity contribution is 0.490. The zero-order chi connectivity index (χ0) is 13.2. The Morgan fingerprint density at radius 1 is 1.58 bits per heavy atom. The third-order valence-corrected chi connectivity index (χ3v) is 4.86. The number of aryl methyl sites for hydroxylation is 1. The van der Waals surface area contributed by atoms with Gasteiger partial charge in [0.2, 0.25) is 0 Å². The van der Waals surface area contributed by atoms with Crippen LogP contribution in [0.2, 0.25) is 0 Å². The molecule has 0 bridgehead atoms. The Labute approximate surface area is 117 Å². The van der Waals surface area contributed by atoms with Crippen LogP contribution in [0.15, 0.2) is 23.0 Å². The molecule has 0 radical (unpaired) electrons. The highest BCUT2D eigenvalue weighted by Crippen LogP contribution is 2.36. The minimum Gasteiger partial charge on any atom is -0.472 e. The van der Waals surface area contributed by atoms with E-state index in [1.165, 1.54) is 35.4 Å². The van der Waals surface area contributed by atoms with Crippen molar-refractivity contribution in [3.05, 3.63) is 34.7 Å². The molecule has 1 N–H and O–H groups in total. The van der Waals surface area contributed by atoms with Crippen LogP contribution in [0.3, 0.4) is 0 Å². The summed E-state index contributed by atoms with van der Waals surface area (Å²) in [4.78, 5) is 8.47. The molecule has 19 heavy (non-hydrogen) atoms. The Morgan fingerprint density at radius 3 is 3.21 bits per heavy atom. The number of fused-ring (bicyclic) bond motifs is 1. The number of furan rings is 1. The van der Waals surface area contributed by atoms with E-state index < -0.39 is 0 Å². The second-order valence-corrected chi connectivity index (χ2v) is 6.09. The van der Waals surface area contributed by atoms with Crippen molar-refractivity contribution in [3.8, 4) is 0 Å². The van der Waals surface area contributed by atoms with E-state index in [2.05, 4.69) is 17.3 Å². The summed E-state index contributed by atoms with van der Waals surface area (Å²) in [5.41, 5.74) is 2.44. The molecule has 0 aromatic carbocycles. The molecule has 0 saturated carbocycles. The fourth-order valence-electron chi connectivity index (χ4n) is 2.57. The third kappa shape index (κ3) is 2.53. The summed E-state index contributed by atoms with van der Waals surface area (Å²) in [6.07, 6.45) is 7.13. The second kappa shape index (κ2) is 5.35. The molecular weight excluding hydrogens is 258 g/mol. The Balaban J connectivity index is 1.80. The molecule has 2 aromatic heterocycles. The first-order chi connectivity index (χ1) is 9.28. The van der Waals surface area contributed by atoms with Crippen LogP contribution in [-0.4, -0.2) is 19.1 Å². The van der Waals surface area contributed by atoms with E-state index in [0.717, 1.165) is 11.7 Å². The summed E-state index contributed by atoms with van der Waals surface area (Å²) in [5, 5.41) is 4.47. The molecular formula is C14H19N3OS. The maximum atomic E-state index is 5.11. The van der Waals surface area contributed by atoms with Gasteiger partial charge in [-0.1, -0.05) is 0 Å². The molecule has 1 atom stereocenters. The molecule has 5 heteroatoms. The average Bonchev–Trinajstić information content (AvgIpc) is 3.06. The monoisotopic (exact) mass is 277 g/mol. The molecule has 0 saturated heterocycles. The van der Waals surface area contributed by atoms with Crippen molar-refractivity contribution in [3.63, 3.8) is 0 Å². The first-order valence-electron chi connectivity index (χ1n) is 6.67. The number of nitrogens with one attached hydrogen (secondary N) is 1. The van der Waals surface area contributed by atoms with Crippen LogP contribution in [0.1, 0.15) is 35.0 Å². The van der Waals surface area contributed by atoms with Crippen LogP contribution in [0, 0.1) is 0 Å². The van der Waals surface area contributed by atoms with Crippen LogP contribution < -0.4 is 10.2 Å². The largest absolute Gasteiger partial charge is 0.472 e. The van der Waals surface area contributed by atoms with Gasteiger partial charge < -0.3 is 14.6 Å². The molecule has 2 aromatic rings. The SMILES string of the molecule is CNC1CCCc2sc(N(C)Cc3ccoc3)nc21. The summed E-state index contributed by atoms with van der Waals surface area (Å²) >= 11 is 1.83. The first kappa shape index (κ1) is 12.7. The number of nitrogens with zero attached hydrogens (tertiary/aromatic N) is 2. The summed E-state index contributed by atoms with van der Waals surface area (Å²) in [7, 11) is 4.11. The zero-order valence-corrected chi connectivity index (χ0v) is 12.2. The molecule has 1 aliphatic carbocycles. The number of hydrogen-bond donors (Lipinski definition) is 1. The van der Waals surface area contributed by atoms with Crippen LogP contribution in [0.4, 0.5) is 5.13 Å². The minimum absolute atomic E-state index is 0.427. The lowest BCUT2D eigenvalue weighted by Crippen LogP contribution is -2.21. The number of rotatable bonds is 4. The van der Waals surface area contributed by atoms with Gasteiger partial charge in [0.15, 0.2) is 5.13 Å². The average molecular weight is 277 g/mol. The van der Waals surface area contributed by atoms with Gasteiger partial charge in [0.05, 0.1) is 24.3 Å². The zero-order valence-electron chi connectivity index (χ0n) is 11.3. The van der Waals surface area contributed by atoms with E-state index in [1.807, 2.05) is 24.5 Å². The van der Waals surface area contributed by atoms with E-state index >= 15 is 0 Å². The predicted octanol–water partition coefficient (Wildman–Crippen LogP) is 2.97. The fourth-order valence-corrected chi connectivity index (χ4v) is 3.70. The molecule has 102 valence electrons. The molecule has 0 aliphatic heterocycles. The van der Waals surface area contributed by atoms with Crippen molar-refractivity contribution in [1.29, 1.82) is 0 Å². The molecule has 2 heterocycles. The smallest absolute Gasteiger partial charge is 0.185 e. The molecule has 1 unspecified atom stereocenters. The Morgan fingerprint density at radius 2 is 2.47 bits per heavy atom. The third-order valence-electron chi connectivity index (χ3n) is 3.62. The quantitative estimate of drug-likeness (QED) is 0.933. The molecule has 0 amide bonds. The Kier molecular flexibility index (Phi) is 3.57. The standard InChI is InChI=1S/C14H19N3OS/c1-15-11-4-3-5-12-13(11)16-14(19-12)17(2)8-10-6-7-18-9-10/h6-7,9,11,15H,3-5,8H2,1-2H3. The number of hydrogen-bond acceptors (Lipinski definition) is 5. The second-order valence-electron chi connectivity index (χ2n) is 5.03. The van der Waals surface area contributed by atoms with Crippen molar-refractivity contribution in [2.24, 2.45) is 0 Å². The highest BCUT2D eigenvalue weighted by molar-refractivity contribution is 7.15. The van der Waals surface area contributed by atoms with Crippen molar-refractivity contribution in [2.45, 2.75) is 31.8 Å². The van der Waals surface area contributed by atoms with Gasteiger partial charge in [-0.25, -0.2) is 4.98 Å². The van der Waals surface area contributed by atoms with Gasteiger partial charge >= 0.3 is 0 Å². The van der Waals surface area contributed by atoms with E-state index in [0.29, 0.717) is 6.04 Å². The van der Waals surface area contributed by atoms with Crippen molar-refractivity contribution in [2.75, 3.05) is 19.0 Å². The number of anilines is 1. The molecule has 0 fully saturated rings. The highest BCUT2D eigenvalue weighted by atomic mass is 32.1. The van der Waals surface area contributed by atoms with E-state index in [-0.39, 0.29) is 0 Å². The lowest BCUT2D eigenvalue weighted by atomic mass is 9.98. The lowest BCUT2D eigenvalue weighted by Gasteiger charge is -2.19. The topological polar surface area (TPSA) is 41.3 Å². The molecule has 1 aliphatic rings. The summed E-state index contributed by atoms with van der Waals surface area (Å²) in [5.74, 6) is 0. The van der Waals surface area contributed by atoms with Gasteiger partial charge in [-0.05, 0) is 32.4 Å². The summed E-state index contributed by atoms with van der Waals surface area (Å²) < 4.78 is 5.11. The maximum Gasteiger partial charge on any atom is 0.185 e. The van der Waals surface area contributed by atoms with Crippen LogP contribution >= 0.6 is 11.3 Å². The number of thiazole rings is 1. The minimum atomic E-state index is 0.427. The molecule has 3 rings (SSSR count). The van der Waals surface area contributed by atoms with Gasteiger partial charge in [-0.2, -0.15) is 0 Å². The van der Waals surface area contributed by atoms with Gasteiger partial charge in [0.25, 0.3) is 0 Å². The van der Waals surface area contributed by atoms with E-state index in [1.54, 1.807) is 12.5 Å². The predicted molar refractivity (Wildman–Crippen MR) is 77.7 cm³/mol. The summed E-state index contributed by atoms with van der Waals surface area (Å²) in [6.45, 7) is 0.840. The highest BCUT2D eigenvalue weighted by Gasteiger charge is 2.24. The van der Waals surface area contributed by atoms with E-state index in [4.69, 9.17) is 9.40 Å². The van der Waals surface area contributed by atoms with Gasteiger partial charge in [-0.3, -0.25) is 0 Å². The molecule has 0 spiro atoms. The van der Waals surface area contributed by atoms with Crippen molar-refractivity contribution in [1.82, 2.24) is 10.3 Å². The summed E-state index contributed by atoms with van der Waals surface area (Å²) in [6, 6.07) is 2.43. The van der Waals surface area contributed by atoms with Crippen LogP contribution in [0.25, 0.3) is 0 Å². The van der Waals surface area contributed by atoms with Crippen LogP contribution in [-0.2, 0) is 13.0 Å². The van der Waals surface area contributed by atoms with E-state index in [9.17, 15) is 0 Å². The first-order valence-corrected chi connectivity index (χ1v) is 7.48.